The van der Waals surface area contributed by atoms with Crippen molar-refractivity contribution in [2.24, 2.45) is 0 Å². The molecular weight excluding hydrogens is 429 g/mol. The van der Waals surface area contributed by atoms with Crippen LogP contribution in [0.5, 0.6) is 11.5 Å². The summed E-state index contributed by atoms with van der Waals surface area (Å²) in [5.41, 5.74) is 0.690. The van der Waals surface area contributed by atoms with Crippen LogP contribution in [-0.2, 0) is 11.4 Å². The van der Waals surface area contributed by atoms with Gasteiger partial charge >= 0.3 is 0 Å². The molecule has 10 heteroatoms. The van der Waals surface area contributed by atoms with Gasteiger partial charge in [-0.15, -0.1) is 0 Å². The Labute approximate surface area is 188 Å². The number of aromatic nitrogens is 4. The van der Waals surface area contributed by atoms with E-state index in [2.05, 4.69) is 15.3 Å². The van der Waals surface area contributed by atoms with Gasteiger partial charge in [0.1, 0.15) is 30.3 Å². The molecule has 2 aromatic carbocycles. The fourth-order valence-corrected chi connectivity index (χ4v) is 3.14. The van der Waals surface area contributed by atoms with E-state index in [1.165, 1.54) is 28.8 Å². The summed E-state index contributed by atoms with van der Waals surface area (Å²) in [6.45, 7) is 3.68. The predicted octanol–water partition coefficient (Wildman–Crippen LogP) is 3.21. The first kappa shape index (κ1) is 22.0. The Hall–Kier alpha value is -4.21. The average Bonchev–Trinajstić information content (AvgIpc) is 3.22. The van der Waals surface area contributed by atoms with Crippen molar-refractivity contribution in [1.82, 2.24) is 19.2 Å². The highest BCUT2D eigenvalue weighted by Gasteiger charge is 2.11. The Morgan fingerprint density at radius 1 is 1.09 bits per heavy atom. The molecule has 0 aliphatic heterocycles. The number of carbonyl (C=O) groups is 1. The second kappa shape index (κ2) is 9.51. The minimum Gasteiger partial charge on any atom is -0.487 e. The Kier molecular flexibility index (Phi) is 6.34. The summed E-state index contributed by atoms with van der Waals surface area (Å²) in [6.07, 6.45) is 1.57. The summed E-state index contributed by atoms with van der Waals surface area (Å²) in [5, 5.41) is 2.69. The van der Waals surface area contributed by atoms with Gasteiger partial charge in [-0.05, 0) is 38.1 Å². The van der Waals surface area contributed by atoms with Crippen LogP contribution >= 0.6 is 0 Å². The summed E-state index contributed by atoms with van der Waals surface area (Å²) in [6, 6.07) is 13.8. The molecule has 0 aliphatic carbocycles. The van der Waals surface area contributed by atoms with E-state index in [1.54, 1.807) is 41.3 Å². The second-order valence-electron chi connectivity index (χ2n) is 7.53. The van der Waals surface area contributed by atoms with Crippen LogP contribution in [0.25, 0.3) is 5.78 Å². The van der Waals surface area contributed by atoms with Crippen molar-refractivity contribution in [2.45, 2.75) is 26.5 Å². The smallest absolute Gasteiger partial charge is 0.274 e. The van der Waals surface area contributed by atoms with Crippen LogP contribution in [0, 0.1) is 5.82 Å². The molecule has 4 aromatic rings. The lowest BCUT2D eigenvalue weighted by molar-refractivity contribution is -0.118. The maximum absolute atomic E-state index is 13.2. The van der Waals surface area contributed by atoms with Gasteiger partial charge in [-0.1, -0.05) is 12.1 Å². The number of carbonyl (C=O) groups excluding carboxylic acids is 1. The number of fused-ring (bicyclic) bond motifs is 1. The van der Waals surface area contributed by atoms with Gasteiger partial charge in [0.25, 0.3) is 17.2 Å². The third kappa shape index (κ3) is 5.35. The molecule has 0 radical (unpaired) electrons. The Balaban J connectivity index is 1.37. The zero-order valence-electron chi connectivity index (χ0n) is 18.1. The molecule has 0 saturated carbocycles. The van der Waals surface area contributed by atoms with Crippen LogP contribution in [0.1, 0.15) is 25.6 Å². The molecule has 0 aliphatic rings. The van der Waals surface area contributed by atoms with Gasteiger partial charge in [-0.25, -0.2) is 9.37 Å². The molecule has 2 heterocycles. The van der Waals surface area contributed by atoms with Crippen molar-refractivity contribution in [3.8, 4) is 11.5 Å². The standard InChI is InChI=1S/C23H22FN5O4/c1-15(2)28-14-25-23-27-18(11-22(31)29(23)28)12-32-20-8-4-6-17(10-20)26-21(30)13-33-19-7-3-5-16(24)9-19/h3-11,14-15H,12-13H2,1-2H3,(H,26,30). The number of hydrogen-bond donors (Lipinski definition) is 1. The Bertz CT molecular complexity index is 1350. The summed E-state index contributed by atoms with van der Waals surface area (Å²) in [5.74, 6) is 0.197. The van der Waals surface area contributed by atoms with Crippen LogP contribution in [0.3, 0.4) is 0 Å². The molecule has 4 rings (SSSR count). The maximum atomic E-state index is 13.2. The molecular formula is C23H22FN5O4. The lowest BCUT2D eigenvalue weighted by Crippen LogP contribution is -2.23. The summed E-state index contributed by atoms with van der Waals surface area (Å²) in [4.78, 5) is 33.2. The number of nitrogens with one attached hydrogen (secondary N) is 1. The van der Waals surface area contributed by atoms with E-state index in [0.29, 0.717) is 22.9 Å². The van der Waals surface area contributed by atoms with E-state index in [9.17, 15) is 14.0 Å². The third-order valence-corrected chi connectivity index (χ3v) is 4.65. The zero-order chi connectivity index (χ0) is 23.4. The van der Waals surface area contributed by atoms with Crippen molar-refractivity contribution in [2.75, 3.05) is 11.9 Å². The average molecular weight is 451 g/mol. The number of anilines is 1. The van der Waals surface area contributed by atoms with E-state index in [1.807, 2.05) is 13.8 Å². The highest BCUT2D eigenvalue weighted by Crippen LogP contribution is 2.19. The van der Waals surface area contributed by atoms with Crippen molar-refractivity contribution in [3.05, 3.63) is 82.8 Å². The Morgan fingerprint density at radius 2 is 1.85 bits per heavy atom. The van der Waals surface area contributed by atoms with Crippen molar-refractivity contribution in [3.63, 3.8) is 0 Å². The number of halogens is 1. The van der Waals surface area contributed by atoms with Crippen molar-refractivity contribution < 1.29 is 18.7 Å². The van der Waals surface area contributed by atoms with Gasteiger partial charge < -0.3 is 14.8 Å². The minimum atomic E-state index is -0.442. The first-order valence-corrected chi connectivity index (χ1v) is 10.3. The van der Waals surface area contributed by atoms with Crippen LogP contribution < -0.4 is 20.3 Å². The third-order valence-electron chi connectivity index (χ3n) is 4.65. The number of amides is 1. The van der Waals surface area contributed by atoms with Crippen LogP contribution in [-0.4, -0.2) is 31.7 Å². The number of nitrogens with zero attached hydrogens (tertiary/aromatic N) is 4. The summed E-state index contributed by atoms with van der Waals surface area (Å²) in [7, 11) is 0. The monoisotopic (exact) mass is 451 g/mol. The first-order chi connectivity index (χ1) is 15.9. The molecule has 0 fully saturated rings. The normalized spacial score (nSPS) is 11.0. The fraction of sp³-hybridized carbons (Fsp3) is 0.217. The van der Waals surface area contributed by atoms with Crippen LogP contribution in [0.15, 0.2) is 65.7 Å². The van der Waals surface area contributed by atoms with Gasteiger partial charge in [0, 0.05) is 29.9 Å². The summed E-state index contributed by atoms with van der Waals surface area (Å²) < 4.78 is 27.3. The SMILES string of the molecule is CC(C)n1cnc2nc(COc3cccc(NC(=O)COc4cccc(F)c4)c3)cc(=O)n21. The molecule has 1 N–H and O–H groups in total. The molecule has 0 atom stereocenters. The molecule has 33 heavy (non-hydrogen) atoms. The number of benzene rings is 2. The van der Waals surface area contributed by atoms with Crippen LogP contribution in [0.2, 0.25) is 0 Å². The zero-order valence-corrected chi connectivity index (χ0v) is 18.1. The second-order valence-corrected chi connectivity index (χ2v) is 7.53. The van der Waals surface area contributed by atoms with Crippen molar-refractivity contribution >= 4 is 17.4 Å². The number of rotatable bonds is 8. The van der Waals surface area contributed by atoms with E-state index >= 15 is 0 Å². The van der Waals surface area contributed by atoms with Gasteiger partial charge in [-0.3, -0.25) is 14.3 Å². The molecule has 170 valence electrons. The maximum Gasteiger partial charge on any atom is 0.274 e. The molecule has 0 saturated heterocycles. The number of hydrogen-bond acceptors (Lipinski definition) is 6. The van der Waals surface area contributed by atoms with Crippen molar-refractivity contribution in [1.29, 1.82) is 0 Å². The van der Waals surface area contributed by atoms with Gasteiger partial charge in [-0.2, -0.15) is 9.50 Å². The van der Waals surface area contributed by atoms with E-state index in [-0.39, 0.29) is 30.6 Å². The lowest BCUT2D eigenvalue weighted by atomic mass is 10.3. The predicted molar refractivity (Wildman–Crippen MR) is 119 cm³/mol. The van der Waals surface area contributed by atoms with Crippen LogP contribution in [0.4, 0.5) is 10.1 Å². The molecule has 2 aromatic heterocycles. The molecule has 9 nitrogen and oxygen atoms in total. The van der Waals surface area contributed by atoms with Gasteiger partial charge in [0.15, 0.2) is 6.61 Å². The summed E-state index contributed by atoms with van der Waals surface area (Å²) >= 11 is 0. The van der Waals surface area contributed by atoms with E-state index in [0.717, 1.165) is 0 Å². The number of ether oxygens (including phenoxy) is 2. The largest absolute Gasteiger partial charge is 0.487 e. The highest BCUT2D eigenvalue weighted by atomic mass is 19.1. The highest BCUT2D eigenvalue weighted by molar-refractivity contribution is 5.92. The minimum absolute atomic E-state index is 0.0559. The van der Waals surface area contributed by atoms with E-state index in [4.69, 9.17) is 9.47 Å². The van der Waals surface area contributed by atoms with E-state index < -0.39 is 11.7 Å². The molecule has 1 amide bonds. The quantitative estimate of drug-likeness (QED) is 0.442. The lowest BCUT2D eigenvalue weighted by Gasteiger charge is -2.11. The molecule has 0 unspecified atom stereocenters. The topological polar surface area (TPSA) is 99.8 Å². The fourth-order valence-electron chi connectivity index (χ4n) is 3.14. The molecule has 0 spiro atoms. The first-order valence-electron chi connectivity index (χ1n) is 10.3. The van der Waals surface area contributed by atoms with Gasteiger partial charge in [0.2, 0.25) is 0 Å². The van der Waals surface area contributed by atoms with Gasteiger partial charge in [0.05, 0.1) is 5.69 Å². The Morgan fingerprint density at radius 3 is 2.61 bits per heavy atom. The molecule has 0 bridgehead atoms.